The minimum absolute atomic E-state index is 0.145. The molecule has 0 unspecified atom stereocenters. The second kappa shape index (κ2) is 4.61. The Hall–Kier alpha value is -2.16. The second-order valence-corrected chi connectivity index (χ2v) is 5.05. The van der Waals surface area contributed by atoms with Crippen molar-refractivity contribution in [3.05, 3.63) is 18.1 Å². The third kappa shape index (κ3) is 2.40. The summed E-state index contributed by atoms with van der Waals surface area (Å²) in [6, 6.07) is 1.92. The average Bonchev–Trinajstić information content (AvgIpc) is 2.28. The summed E-state index contributed by atoms with van der Waals surface area (Å²) >= 11 is 0. The molecule has 0 radical (unpaired) electrons. The molecule has 6 heteroatoms. The van der Waals surface area contributed by atoms with Crippen LogP contribution < -0.4 is 5.32 Å². The highest BCUT2D eigenvalue weighted by Gasteiger charge is 2.44. The van der Waals surface area contributed by atoms with E-state index in [-0.39, 0.29) is 5.69 Å². The van der Waals surface area contributed by atoms with Gasteiger partial charge in [0.05, 0.1) is 5.41 Å². The fourth-order valence-electron chi connectivity index (χ4n) is 1.23. The van der Waals surface area contributed by atoms with Crippen molar-refractivity contribution in [1.82, 2.24) is 9.97 Å². The zero-order valence-electron chi connectivity index (χ0n) is 10.9. The molecule has 0 aromatic carbocycles. The maximum Gasteiger partial charge on any atom is 0.311 e. The van der Waals surface area contributed by atoms with Crippen molar-refractivity contribution in [2.45, 2.75) is 33.2 Å². The number of nitrogens with zero attached hydrogens (tertiary/aromatic N) is 3. The molecule has 0 fully saturated rings. The molecule has 1 rings (SSSR count). The summed E-state index contributed by atoms with van der Waals surface area (Å²) in [6.07, 6.45) is 2.87. The van der Waals surface area contributed by atoms with Gasteiger partial charge < -0.3 is 10.4 Å². The summed E-state index contributed by atoms with van der Waals surface area (Å²) in [5, 5.41) is 21.1. The summed E-state index contributed by atoms with van der Waals surface area (Å²) in [6.45, 7) is 6.73. The van der Waals surface area contributed by atoms with Crippen LogP contribution in [0.3, 0.4) is 0 Å². The van der Waals surface area contributed by atoms with Gasteiger partial charge in [0.15, 0.2) is 11.5 Å². The highest BCUT2D eigenvalue weighted by molar-refractivity contribution is 5.76. The molecule has 0 saturated carbocycles. The number of hydrogen-bond acceptors (Lipinski definition) is 5. The van der Waals surface area contributed by atoms with E-state index in [1.807, 2.05) is 6.07 Å². The lowest BCUT2D eigenvalue weighted by Gasteiger charge is -2.39. The summed E-state index contributed by atoms with van der Waals surface area (Å²) in [4.78, 5) is 19.2. The molecule has 0 saturated heterocycles. The predicted molar refractivity (Wildman–Crippen MR) is 65.9 cm³/mol. The van der Waals surface area contributed by atoms with Gasteiger partial charge in [-0.25, -0.2) is 9.97 Å². The number of carboxylic acids is 1. The number of aliphatic carboxylic acids is 1. The SMILES string of the molecule is CC(C)(Nc1nccnc1C#N)C(C)(C)C(=O)O. The molecule has 0 aliphatic rings. The minimum Gasteiger partial charge on any atom is -0.481 e. The van der Waals surface area contributed by atoms with E-state index in [0.717, 1.165) is 0 Å². The molecule has 0 amide bonds. The van der Waals surface area contributed by atoms with Gasteiger partial charge in [0.25, 0.3) is 0 Å². The smallest absolute Gasteiger partial charge is 0.311 e. The molecule has 1 heterocycles. The lowest BCUT2D eigenvalue weighted by Crippen LogP contribution is -2.51. The minimum atomic E-state index is -1.03. The Balaban J connectivity index is 3.11. The number of nitrogens with one attached hydrogen (secondary N) is 1. The van der Waals surface area contributed by atoms with Crippen LogP contribution in [0.25, 0.3) is 0 Å². The molecular formula is C12H16N4O2. The van der Waals surface area contributed by atoms with Crippen LogP contribution >= 0.6 is 0 Å². The Morgan fingerprint density at radius 3 is 2.39 bits per heavy atom. The van der Waals surface area contributed by atoms with E-state index in [1.165, 1.54) is 12.4 Å². The first kappa shape index (κ1) is 13.9. The third-order valence-corrected chi connectivity index (χ3v) is 3.33. The number of aromatic nitrogens is 2. The molecule has 96 valence electrons. The molecule has 0 bridgehead atoms. The van der Waals surface area contributed by atoms with E-state index in [1.54, 1.807) is 27.7 Å². The normalized spacial score (nSPS) is 11.7. The van der Waals surface area contributed by atoms with E-state index in [2.05, 4.69) is 15.3 Å². The number of anilines is 1. The number of carboxylic acid groups (broad SMARTS) is 1. The van der Waals surface area contributed by atoms with Crippen molar-refractivity contribution in [2.75, 3.05) is 5.32 Å². The van der Waals surface area contributed by atoms with Gasteiger partial charge in [-0.15, -0.1) is 0 Å². The van der Waals surface area contributed by atoms with E-state index in [9.17, 15) is 9.90 Å². The van der Waals surface area contributed by atoms with Crippen molar-refractivity contribution in [2.24, 2.45) is 5.41 Å². The van der Waals surface area contributed by atoms with Crippen LogP contribution in [0.4, 0.5) is 5.82 Å². The van der Waals surface area contributed by atoms with Gasteiger partial charge >= 0.3 is 5.97 Å². The number of rotatable bonds is 4. The molecule has 2 N–H and O–H groups in total. The summed E-state index contributed by atoms with van der Waals surface area (Å²) in [7, 11) is 0. The van der Waals surface area contributed by atoms with Crippen LogP contribution in [0.15, 0.2) is 12.4 Å². The first-order valence-electron chi connectivity index (χ1n) is 5.45. The van der Waals surface area contributed by atoms with Crippen molar-refractivity contribution in [1.29, 1.82) is 5.26 Å². The van der Waals surface area contributed by atoms with Crippen molar-refractivity contribution < 1.29 is 9.90 Å². The lowest BCUT2D eigenvalue weighted by atomic mass is 9.74. The lowest BCUT2D eigenvalue weighted by molar-refractivity contribution is -0.149. The molecule has 0 spiro atoms. The monoisotopic (exact) mass is 248 g/mol. The second-order valence-electron chi connectivity index (χ2n) is 5.05. The topological polar surface area (TPSA) is 98.9 Å². The highest BCUT2D eigenvalue weighted by Crippen LogP contribution is 2.33. The Morgan fingerprint density at radius 1 is 1.33 bits per heavy atom. The largest absolute Gasteiger partial charge is 0.481 e. The summed E-state index contributed by atoms with van der Waals surface area (Å²) < 4.78 is 0. The molecule has 0 aliphatic heterocycles. The molecule has 1 aromatic rings. The van der Waals surface area contributed by atoms with Gasteiger partial charge in [-0.05, 0) is 27.7 Å². The molecule has 0 aliphatic carbocycles. The van der Waals surface area contributed by atoms with Gasteiger partial charge in [0.2, 0.25) is 0 Å². The van der Waals surface area contributed by atoms with E-state index in [4.69, 9.17) is 5.26 Å². The van der Waals surface area contributed by atoms with E-state index >= 15 is 0 Å². The van der Waals surface area contributed by atoms with Crippen LogP contribution in [-0.2, 0) is 4.79 Å². The van der Waals surface area contributed by atoms with Crippen LogP contribution in [0, 0.1) is 16.7 Å². The third-order valence-electron chi connectivity index (χ3n) is 3.33. The number of nitriles is 1. The molecule has 6 nitrogen and oxygen atoms in total. The van der Waals surface area contributed by atoms with Gasteiger partial charge in [-0.1, -0.05) is 0 Å². The number of hydrogen-bond donors (Lipinski definition) is 2. The van der Waals surface area contributed by atoms with E-state index in [0.29, 0.717) is 5.82 Å². The molecule has 18 heavy (non-hydrogen) atoms. The average molecular weight is 248 g/mol. The summed E-state index contributed by atoms with van der Waals surface area (Å²) in [5.41, 5.74) is -1.68. The van der Waals surface area contributed by atoms with Crippen LogP contribution in [0.1, 0.15) is 33.4 Å². The molecule has 1 aromatic heterocycles. The van der Waals surface area contributed by atoms with Crippen molar-refractivity contribution >= 4 is 11.8 Å². The fourth-order valence-corrected chi connectivity index (χ4v) is 1.23. The van der Waals surface area contributed by atoms with Crippen LogP contribution in [0.2, 0.25) is 0 Å². The predicted octanol–water partition coefficient (Wildman–Crippen LogP) is 1.65. The Morgan fingerprint density at radius 2 is 1.89 bits per heavy atom. The van der Waals surface area contributed by atoms with Gasteiger partial charge in [-0.3, -0.25) is 4.79 Å². The standard InChI is InChI=1S/C12H16N4O2/c1-11(2,10(17)18)12(3,4)16-9-8(7-13)14-5-6-15-9/h5-6H,1-4H3,(H,15,16)(H,17,18). The zero-order valence-corrected chi connectivity index (χ0v) is 10.9. The number of carbonyl (C=O) groups is 1. The summed E-state index contributed by atoms with van der Waals surface area (Å²) in [5.74, 6) is -0.637. The van der Waals surface area contributed by atoms with Gasteiger partial charge in [-0.2, -0.15) is 5.26 Å². The molecular weight excluding hydrogens is 232 g/mol. The zero-order chi connectivity index (χ0) is 14.0. The Kier molecular flexibility index (Phi) is 3.56. The van der Waals surface area contributed by atoms with Gasteiger partial charge in [0, 0.05) is 17.9 Å². The van der Waals surface area contributed by atoms with Crippen LogP contribution in [0.5, 0.6) is 0 Å². The van der Waals surface area contributed by atoms with Crippen molar-refractivity contribution in [3.63, 3.8) is 0 Å². The quantitative estimate of drug-likeness (QED) is 0.840. The Bertz CT molecular complexity index is 503. The van der Waals surface area contributed by atoms with Gasteiger partial charge in [0.1, 0.15) is 6.07 Å². The van der Waals surface area contributed by atoms with Crippen LogP contribution in [-0.4, -0.2) is 26.6 Å². The van der Waals surface area contributed by atoms with E-state index < -0.39 is 16.9 Å². The highest BCUT2D eigenvalue weighted by atomic mass is 16.4. The first-order chi connectivity index (χ1) is 8.22. The first-order valence-corrected chi connectivity index (χ1v) is 5.45. The Labute approximate surface area is 106 Å². The maximum atomic E-state index is 11.3. The fraction of sp³-hybridized carbons (Fsp3) is 0.500. The maximum absolute atomic E-state index is 11.3. The molecule has 0 atom stereocenters. The van der Waals surface area contributed by atoms with Crippen molar-refractivity contribution in [3.8, 4) is 6.07 Å².